The van der Waals surface area contributed by atoms with Gasteiger partial charge in [-0.25, -0.2) is 4.79 Å². The average Bonchev–Trinajstić information content (AvgIpc) is 3.30. The van der Waals surface area contributed by atoms with Gasteiger partial charge in [-0.1, -0.05) is 24.3 Å². The average molecular weight is 402 g/mol. The molecule has 0 aliphatic heterocycles. The molecule has 0 aliphatic rings. The molecule has 7 heteroatoms. The van der Waals surface area contributed by atoms with Crippen molar-refractivity contribution in [1.82, 2.24) is 0 Å². The molecule has 0 saturated carbocycles. The third-order valence-electron chi connectivity index (χ3n) is 3.98. The predicted octanol–water partition coefficient (Wildman–Crippen LogP) is 4.90. The van der Waals surface area contributed by atoms with Gasteiger partial charge >= 0.3 is 5.97 Å². The molecule has 3 rings (SSSR count). The number of esters is 1. The number of rotatable bonds is 6. The first-order chi connectivity index (χ1) is 13.0. The number of ether oxygens (including phenoxy) is 2. The van der Waals surface area contributed by atoms with Crippen LogP contribution in [0.15, 0.2) is 41.1 Å². The number of carbonyl (C=O) groups is 2. The van der Waals surface area contributed by atoms with Crippen molar-refractivity contribution in [3.63, 3.8) is 0 Å². The normalized spacial score (nSPS) is 10.5. The highest BCUT2D eigenvalue weighted by atomic mass is 32.1. The summed E-state index contributed by atoms with van der Waals surface area (Å²) >= 11 is 2.82. The number of methoxy groups -OCH3 is 1. The first-order valence-corrected chi connectivity index (χ1v) is 9.99. The number of aryl methyl sites for hydroxylation is 2. The van der Waals surface area contributed by atoms with E-state index in [1.807, 2.05) is 54.9 Å². The third-order valence-corrected chi connectivity index (χ3v) is 5.78. The summed E-state index contributed by atoms with van der Waals surface area (Å²) in [4.78, 5) is 25.6. The fraction of sp³-hybridized carbons (Fsp3) is 0.200. The Balaban J connectivity index is 1.77. The predicted molar refractivity (Wildman–Crippen MR) is 109 cm³/mol. The molecule has 2 heterocycles. The number of carbonyl (C=O) groups excluding carboxylic acids is 2. The number of para-hydroxylation sites is 1. The molecule has 5 nitrogen and oxygen atoms in total. The van der Waals surface area contributed by atoms with Gasteiger partial charge in [-0.05, 0) is 36.4 Å². The van der Waals surface area contributed by atoms with Crippen LogP contribution < -0.4 is 10.1 Å². The van der Waals surface area contributed by atoms with E-state index < -0.39 is 5.97 Å². The zero-order chi connectivity index (χ0) is 19.4. The zero-order valence-corrected chi connectivity index (χ0v) is 16.8. The maximum atomic E-state index is 12.4. The summed E-state index contributed by atoms with van der Waals surface area (Å²) in [5, 5.41) is 7.02. The molecule has 140 valence electrons. The minimum absolute atomic E-state index is 0.140. The minimum Gasteiger partial charge on any atom is -0.483 e. The van der Waals surface area contributed by atoms with Gasteiger partial charge in [0.1, 0.15) is 16.3 Å². The molecule has 3 aromatic rings. The monoisotopic (exact) mass is 401 g/mol. The summed E-state index contributed by atoms with van der Waals surface area (Å²) in [6, 6.07) is 9.65. The van der Waals surface area contributed by atoms with Crippen LogP contribution in [0.25, 0.3) is 10.4 Å². The summed E-state index contributed by atoms with van der Waals surface area (Å²) in [5.74, 6) is -0.112. The Bertz CT molecular complexity index is 940. The van der Waals surface area contributed by atoms with Crippen LogP contribution in [0.5, 0.6) is 5.75 Å². The van der Waals surface area contributed by atoms with Crippen LogP contribution in [0, 0.1) is 13.8 Å². The van der Waals surface area contributed by atoms with Crippen LogP contribution in [0.1, 0.15) is 21.5 Å². The molecule has 0 saturated heterocycles. The van der Waals surface area contributed by atoms with Gasteiger partial charge < -0.3 is 14.8 Å². The molecule has 0 unspecified atom stereocenters. The molecular weight excluding hydrogens is 382 g/mol. The van der Waals surface area contributed by atoms with E-state index in [4.69, 9.17) is 9.47 Å². The van der Waals surface area contributed by atoms with E-state index >= 15 is 0 Å². The largest absolute Gasteiger partial charge is 0.483 e. The summed E-state index contributed by atoms with van der Waals surface area (Å²) in [6.45, 7) is 3.73. The van der Waals surface area contributed by atoms with Gasteiger partial charge in [-0.2, -0.15) is 0 Å². The van der Waals surface area contributed by atoms with Crippen molar-refractivity contribution in [3.05, 3.63) is 57.8 Å². The highest BCUT2D eigenvalue weighted by Crippen LogP contribution is 2.38. The highest BCUT2D eigenvalue weighted by Gasteiger charge is 2.23. The Kier molecular flexibility index (Phi) is 5.93. The lowest BCUT2D eigenvalue weighted by Crippen LogP contribution is -2.21. The molecule has 1 aromatic carbocycles. The molecule has 0 spiro atoms. The quantitative estimate of drug-likeness (QED) is 0.597. The van der Waals surface area contributed by atoms with Crippen LogP contribution in [-0.2, 0) is 9.53 Å². The first kappa shape index (κ1) is 19.1. The van der Waals surface area contributed by atoms with Gasteiger partial charge in [-0.15, -0.1) is 22.7 Å². The Morgan fingerprint density at radius 3 is 2.44 bits per heavy atom. The maximum Gasteiger partial charge on any atom is 0.341 e. The number of nitrogens with one attached hydrogen (secondary N) is 1. The van der Waals surface area contributed by atoms with Crippen LogP contribution in [0.2, 0.25) is 0 Å². The van der Waals surface area contributed by atoms with Gasteiger partial charge in [0, 0.05) is 15.8 Å². The molecule has 0 fully saturated rings. The van der Waals surface area contributed by atoms with E-state index in [1.165, 1.54) is 29.8 Å². The van der Waals surface area contributed by atoms with E-state index in [2.05, 4.69) is 5.32 Å². The molecule has 2 aromatic heterocycles. The SMILES string of the molecule is COC(=O)c1c(-c2cccs2)csc1NC(=O)COc1c(C)cccc1C. The molecule has 1 N–H and O–H groups in total. The van der Waals surface area contributed by atoms with Crippen LogP contribution in [0.3, 0.4) is 0 Å². The van der Waals surface area contributed by atoms with Crippen molar-refractivity contribution >= 4 is 39.6 Å². The van der Waals surface area contributed by atoms with Gasteiger partial charge in [-0.3, -0.25) is 4.79 Å². The Morgan fingerprint density at radius 2 is 1.81 bits per heavy atom. The Morgan fingerprint density at radius 1 is 1.07 bits per heavy atom. The van der Waals surface area contributed by atoms with E-state index in [9.17, 15) is 9.59 Å². The fourth-order valence-corrected chi connectivity index (χ4v) is 4.48. The lowest BCUT2D eigenvalue weighted by Gasteiger charge is -2.12. The number of anilines is 1. The van der Waals surface area contributed by atoms with E-state index in [0.29, 0.717) is 16.3 Å². The molecule has 0 atom stereocenters. The Hall–Kier alpha value is -2.64. The number of hydrogen-bond donors (Lipinski definition) is 1. The second-order valence-corrected chi connectivity index (χ2v) is 7.71. The van der Waals surface area contributed by atoms with E-state index in [-0.39, 0.29) is 12.5 Å². The van der Waals surface area contributed by atoms with Crippen LogP contribution >= 0.6 is 22.7 Å². The number of thiophene rings is 2. The lowest BCUT2D eigenvalue weighted by molar-refractivity contribution is -0.118. The molecular formula is C20H19NO4S2. The smallest absolute Gasteiger partial charge is 0.341 e. The molecule has 0 aliphatic carbocycles. The summed E-state index contributed by atoms with van der Waals surface area (Å²) < 4.78 is 10.6. The Labute approximate surface area is 165 Å². The fourth-order valence-electron chi connectivity index (χ4n) is 2.70. The third kappa shape index (κ3) is 4.20. The van der Waals surface area contributed by atoms with E-state index in [1.54, 1.807) is 0 Å². The summed E-state index contributed by atoms with van der Waals surface area (Å²) in [7, 11) is 1.33. The van der Waals surface area contributed by atoms with Crippen LogP contribution in [0.4, 0.5) is 5.00 Å². The second kappa shape index (κ2) is 8.37. The number of amides is 1. The van der Waals surface area contributed by atoms with Gasteiger partial charge in [0.2, 0.25) is 0 Å². The van der Waals surface area contributed by atoms with Crippen LogP contribution in [-0.4, -0.2) is 25.6 Å². The van der Waals surface area contributed by atoms with Crippen molar-refractivity contribution in [2.75, 3.05) is 19.0 Å². The molecule has 1 amide bonds. The minimum atomic E-state index is -0.481. The lowest BCUT2D eigenvalue weighted by atomic mass is 10.1. The van der Waals surface area contributed by atoms with E-state index in [0.717, 1.165) is 21.6 Å². The highest BCUT2D eigenvalue weighted by molar-refractivity contribution is 7.17. The summed E-state index contributed by atoms with van der Waals surface area (Å²) in [5.41, 5.74) is 3.06. The second-order valence-electron chi connectivity index (χ2n) is 5.88. The summed E-state index contributed by atoms with van der Waals surface area (Å²) in [6.07, 6.45) is 0. The number of benzene rings is 1. The number of hydrogen-bond acceptors (Lipinski definition) is 6. The molecule has 27 heavy (non-hydrogen) atoms. The van der Waals surface area contributed by atoms with Crippen molar-refractivity contribution < 1.29 is 19.1 Å². The van der Waals surface area contributed by atoms with Crippen molar-refractivity contribution in [2.24, 2.45) is 0 Å². The van der Waals surface area contributed by atoms with Gasteiger partial charge in [0.15, 0.2) is 6.61 Å². The van der Waals surface area contributed by atoms with Crippen molar-refractivity contribution in [1.29, 1.82) is 0 Å². The van der Waals surface area contributed by atoms with Crippen molar-refractivity contribution in [2.45, 2.75) is 13.8 Å². The molecule has 0 radical (unpaired) electrons. The van der Waals surface area contributed by atoms with Gasteiger partial charge in [0.25, 0.3) is 5.91 Å². The van der Waals surface area contributed by atoms with Gasteiger partial charge in [0.05, 0.1) is 7.11 Å². The van der Waals surface area contributed by atoms with Crippen molar-refractivity contribution in [3.8, 4) is 16.2 Å². The maximum absolute atomic E-state index is 12.4. The standard InChI is InChI=1S/C20H19NO4S2/c1-12-6-4-7-13(2)18(12)25-10-16(22)21-19-17(20(23)24-3)14(11-27-19)15-8-5-9-26-15/h4-9,11H,10H2,1-3H3,(H,21,22). The zero-order valence-electron chi connectivity index (χ0n) is 15.2. The first-order valence-electron chi connectivity index (χ1n) is 8.23. The topological polar surface area (TPSA) is 64.6 Å². The molecule has 0 bridgehead atoms.